The van der Waals surface area contributed by atoms with Gasteiger partial charge in [0, 0.05) is 18.6 Å². The highest BCUT2D eigenvalue weighted by Gasteiger charge is 2.27. The molecule has 1 aliphatic heterocycles. The van der Waals surface area contributed by atoms with E-state index in [9.17, 15) is 13.2 Å². The monoisotopic (exact) mass is 262 g/mol. The molecule has 0 aromatic heterocycles. The third-order valence-electron chi connectivity index (χ3n) is 2.64. The molecule has 2 N–H and O–H groups in total. The Hall–Kier alpha value is -0.620. The maximum absolute atomic E-state index is 11.8. The highest BCUT2D eigenvalue weighted by atomic mass is 32.2. The van der Waals surface area contributed by atoms with Crippen LogP contribution in [0.25, 0.3) is 0 Å². The third kappa shape index (κ3) is 5.50. The first-order valence-electron chi connectivity index (χ1n) is 5.97. The van der Waals surface area contributed by atoms with Crippen LogP contribution in [0.2, 0.25) is 0 Å². The first-order valence-corrected chi connectivity index (χ1v) is 7.79. The number of hydrogen-bond acceptors (Lipinski definition) is 4. The number of nitrogens with two attached hydrogens (primary N) is 1. The quantitative estimate of drug-likeness (QED) is 0.782. The fourth-order valence-electron chi connectivity index (χ4n) is 2.04. The Balaban J connectivity index is 2.55. The molecule has 5 nitrogen and oxygen atoms in total. The number of carbonyl (C=O) groups excluding carboxylic acids is 1. The Morgan fingerprint density at radius 3 is 2.24 bits per heavy atom. The summed E-state index contributed by atoms with van der Waals surface area (Å²) in [6.07, 6.45) is 3.05. The lowest BCUT2D eigenvalue weighted by Crippen LogP contribution is -2.44. The van der Waals surface area contributed by atoms with E-state index >= 15 is 0 Å². The van der Waals surface area contributed by atoms with E-state index in [1.165, 1.54) is 0 Å². The van der Waals surface area contributed by atoms with Gasteiger partial charge in [0.1, 0.15) is 5.75 Å². The summed E-state index contributed by atoms with van der Waals surface area (Å²) < 4.78 is 23.5. The predicted octanol–water partition coefficient (Wildman–Crippen LogP) is 0.151. The summed E-state index contributed by atoms with van der Waals surface area (Å²) in [4.78, 5) is 13.4. The molecule has 100 valence electrons. The highest BCUT2D eigenvalue weighted by molar-refractivity contribution is 7.92. The van der Waals surface area contributed by atoms with Crippen molar-refractivity contribution in [2.75, 3.05) is 24.6 Å². The molecule has 0 saturated carbocycles. The van der Waals surface area contributed by atoms with E-state index < -0.39 is 21.1 Å². The molecule has 17 heavy (non-hydrogen) atoms. The van der Waals surface area contributed by atoms with Crippen molar-refractivity contribution in [3.63, 3.8) is 0 Å². The van der Waals surface area contributed by atoms with E-state index in [0.717, 1.165) is 19.3 Å². The molecule has 1 heterocycles. The molecule has 0 atom stereocenters. The number of piperidine rings is 1. The van der Waals surface area contributed by atoms with Crippen molar-refractivity contribution in [3.05, 3.63) is 0 Å². The second-order valence-electron chi connectivity index (χ2n) is 5.46. The lowest BCUT2D eigenvalue weighted by molar-refractivity contribution is -0.129. The normalized spacial score (nSPS) is 18.2. The minimum absolute atomic E-state index is 0.153. The summed E-state index contributed by atoms with van der Waals surface area (Å²) in [6, 6.07) is 0. The van der Waals surface area contributed by atoms with Gasteiger partial charge in [-0.3, -0.25) is 4.79 Å². The van der Waals surface area contributed by atoms with Crippen molar-refractivity contribution in [1.82, 2.24) is 4.90 Å². The summed E-state index contributed by atoms with van der Waals surface area (Å²) in [6.45, 7) is 4.66. The van der Waals surface area contributed by atoms with Crippen molar-refractivity contribution in [1.29, 1.82) is 0 Å². The summed E-state index contributed by atoms with van der Waals surface area (Å²) in [5.41, 5.74) is 4.88. The van der Waals surface area contributed by atoms with Gasteiger partial charge in [0.05, 0.1) is 5.75 Å². The van der Waals surface area contributed by atoms with E-state index in [1.54, 1.807) is 18.7 Å². The predicted molar refractivity (Wildman–Crippen MR) is 67.4 cm³/mol. The minimum Gasteiger partial charge on any atom is -0.342 e. The fraction of sp³-hybridized carbons (Fsp3) is 0.909. The molecule has 1 amide bonds. The smallest absolute Gasteiger partial charge is 0.237 e. The Morgan fingerprint density at radius 1 is 1.24 bits per heavy atom. The second-order valence-corrected chi connectivity index (χ2v) is 7.53. The number of hydrogen-bond donors (Lipinski definition) is 1. The Morgan fingerprint density at radius 2 is 1.76 bits per heavy atom. The number of likely N-dealkylation sites (tertiary alicyclic amines) is 1. The molecule has 0 aliphatic carbocycles. The van der Waals surface area contributed by atoms with Gasteiger partial charge in [-0.05, 0) is 33.1 Å². The van der Waals surface area contributed by atoms with Gasteiger partial charge in [-0.15, -0.1) is 0 Å². The topological polar surface area (TPSA) is 80.5 Å². The van der Waals surface area contributed by atoms with Crippen LogP contribution >= 0.6 is 0 Å². The molecule has 0 aromatic rings. The van der Waals surface area contributed by atoms with E-state index in [0.29, 0.717) is 13.1 Å². The number of amides is 1. The Bertz CT molecular complexity index is 365. The average Bonchev–Trinajstić information content (AvgIpc) is 2.14. The van der Waals surface area contributed by atoms with Gasteiger partial charge < -0.3 is 10.6 Å². The molecule has 1 aliphatic rings. The molecular formula is C11H22N2O3S. The zero-order valence-electron chi connectivity index (χ0n) is 10.6. The van der Waals surface area contributed by atoms with Gasteiger partial charge in [0.15, 0.2) is 9.84 Å². The van der Waals surface area contributed by atoms with Crippen LogP contribution in [0.1, 0.15) is 33.1 Å². The van der Waals surface area contributed by atoms with E-state index in [1.807, 2.05) is 0 Å². The summed E-state index contributed by atoms with van der Waals surface area (Å²) in [7, 11) is -3.40. The first-order chi connectivity index (χ1) is 7.70. The SMILES string of the molecule is CC(C)(N)CS(=O)(=O)CC(=O)N1CCCCC1. The molecule has 1 rings (SSSR count). The van der Waals surface area contributed by atoms with Crippen LogP contribution in [0.5, 0.6) is 0 Å². The van der Waals surface area contributed by atoms with Gasteiger partial charge in [0.25, 0.3) is 0 Å². The van der Waals surface area contributed by atoms with Crippen molar-refractivity contribution in [3.8, 4) is 0 Å². The molecule has 0 radical (unpaired) electrons. The Labute approximate surface area is 103 Å². The first kappa shape index (κ1) is 14.4. The Kier molecular flexibility index (Phi) is 4.55. The fourth-order valence-corrected chi connectivity index (χ4v) is 3.84. The molecule has 6 heteroatoms. The van der Waals surface area contributed by atoms with E-state index in [2.05, 4.69) is 0 Å². The lowest BCUT2D eigenvalue weighted by Gasteiger charge is -2.27. The third-order valence-corrected chi connectivity index (χ3v) is 4.51. The zero-order valence-corrected chi connectivity index (χ0v) is 11.4. The number of rotatable bonds is 4. The van der Waals surface area contributed by atoms with Crippen LogP contribution in [-0.4, -0.2) is 49.4 Å². The number of carbonyl (C=O) groups is 1. The zero-order chi connectivity index (χ0) is 13.1. The summed E-state index contributed by atoms with van der Waals surface area (Å²) >= 11 is 0. The molecule has 0 unspecified atom stereocenters. The summed E-state index contributed by atoms with van der Waals surface area (Å²) in [5, 5.41) is 0. The highest BCUT2D eigenvalue weighted by Crippen LogP contribution is 2.11. The van der Waals surface area contributed by atoms with Crippen LogP contribution in [-0.2, 0) is 14.6 Å². The van der Waals surface area contributed by atoms with Crippen LogP contribution in [0.3, 0.4) is 0 Å². The second kappa shape index (κ2) is 5.35. The lowest BCUT2D eigenvalue weighted by atomic mass is 10.1. The van der Waals surface area contributed by atoms with E-state index in [-0.39, 0.29) is 11.7 Å². The molecule has 0 aromatic carbocycles. The van der Waals surface area contributed by atoms with Gasteiger partial charge in [-0.2, -0.15) is 0 Å². The molecule has 0 spiro atoms. The van der Waals surface area contributed by atoms with Gasteiger partial charge in [0.2, 0.25) is 5.91 Å². The van der Waals surface area contributed by atoms with E-state index in [4.69, 9.17) is 5.73 Å². The molecule has 1 fully saturated rings. The van der Waals surface area contributed by atoms with Gasteiger partial charge in [-0.25, -0.2) is 8.42 Å². The van der Waals surface area contributed by atoms with Crippen LogP contribution in [0.4, 0.5) is 0 Å². The van der Waals surface area contributed by atoms with Crippen molar-refractivity contribution < 1.29 is 13.2 Å². The van der Waals surface area contributed by atoms with Gasteiger partial charge in [-0.1, -0.05) is 0 Å². The maximum atomic E-state index is 11.8. The average molecular weight is 262 g/mol. The summed E-state index contributed by atoms with van der Waals surface area (Å²) in [5.74, 6) is -0.846. The molecule has 1 saturated heterocycles. The van der Waals surface area contributed by atoms with Crippen LogP contribution < -0.4 is 5.73 Å². The van der Waals surface area contributed by atoms with Crippen molar-refractivity contribution in [2.24, 2.45) is 5.73 Å². The molecular weight excluding hydrogens is 240 g/mol. The largest absolute Gasteiger partial charge is 0.342 e. The van der Waals surface area contributed by atoms with Crippen molar-refractivity contribution in [2.45, 2.75) is 38.6 Å². The number of nitrogens with zero attached hydrogens (tertiary/aromatic N) is 1. The standard InChI is InChI=1S/C11H22N2O3S/c1-11(2,12)9-17(15,16)8-10(14)13-6-4-3-5-7-13/h3-9,12H2,1-2H3. The van der Waals surface area contributed by atoms with Crippen molar-refractivity contribution >= 4 is 15.7 Å². The van der Waals surface area contributed by atoms with Gasteiger partial charge >= 0.3 is 0 Å². The molecule has 0 bridgehead atoms. The van der Waals surface area contributed by atoms with Crippen LogP contribution in [0, 0.1) is 0 Å². The maximum Gasteiger partial charge on any atom is 0.237 e. The van der Waals surface area contributed by atoms with Crippen LogP contribution in [0.15, 0.2) is 0 Å². The minimum atomic E-state index is -3.40. The number of sulfone groups is 1.